The summed E-state index contributed by atoms with van der Waals surface area (Å²) in [5, 5.41) is 11.5. The number of nitrogens with zero attached hydrogens (tertiary/aromatic N) is 3. The summed E-state index contributed by atoms with van der Waals surface area (Å²) in [4.78, 5) is 20.3. The van der Waals surface area contributed by atoms with Crippen molar-refractivity contribution in [3.05, 3.63) is 40.8 Å². The van der Waals surface area contributed by atoms with Crippen molar-refractivity contribution in [2.75, 3.05) is 32.7 Å². The average molecular weight is 383 g/mol. The molecule has 3 aliphatic rings. The standard InChI is InChI=1S/C22H30N4O2/c27-21-23-18-6-1-2-7-19(18)26(21)17-9-14-24(15-10-17)16-22(28)11-5-13-25-12-4-3-8-20(22)25/h1-2,6-7,9,20,28H,3-5,8,10-16H2,(H,23,27)/t20-,22-/m1/s1. The summed E-state index contributed by atoms with van der Waals surface area (Å²) in [7, 11) is 0. The molecule has 3 aliphatic heterocycles. The number of aromatic nitrogens is 2. The highest BCUT2D eigenvalue weighted by molar-refractivity contribution is 5.79. The first-order valence-corrected chi connectivity index (χ1v) is 10.7. The number of rotatable bonds is 3. The Kier molecular flexibility index (Phi) is 4.65. The number of β-amino-alcohol motifs (C(OH)–C–C–N with tert-alkyl or cyclic N) is 1. The highest BCUT2D eigenvalue weighted by Gasteiger charge is 2.44. The average Bonchev–Trinajstić information content (AvgIpc) is 3.05. The molecule has 2 fully saturated rings. The second-order valence-corrected chi connectivity index (χ2v) is 8.72. The second-order valence-electron chi connectivity index (χ2n) is 8.72. The molecule has 2 aromatic rings. The molecule has 4 heterocycles. The Morgan fingerprint density at radius 1 is 1.14 bits per heavy atom. The summed E-state index contributed by atoms with van der Waals surface area (Å²) >= 11 is 0. The van der Waals surface area contributed by atoms with E-state index in [9.17, 15) is 9.90 Å². The van der Waals surface area contributed by atoms with Crippen LogP contribution >= 0.6 is 0 Å². The van der Waals surface area contributed by atoms with Crippen LogP contribution in [0.25, 0.3) is 16.7 Å². The summed E-state index contributed by atoms with van der Waals surface area (Å²) in [6.07, 6.45) is 8.60. The van der Waals surface area contributed by atoms with E-state index < -0.39 is 5.60 Å². The van der Waals surface area contributed by atoms with Gasteiger partial charge in [-0.15, -0.1) is 0 Å². The van der Waals surface area contributed by atoms with Gasteiger partial charge >= 0.3 is 5.69 Å². The number of hydrogen-bond acceptors (Lipinski definition) is 4. The summed E-state index contributed by atoms with van der Waals surface area (Å²) in [6.45, 7) is 4.69. The Balaban J connectivity index is 1.33. The number of benzene rings is 1. The molecule has 2 atom stereocenters. The van der Waals surface area contributed by atoms with E-state index in [1.807, 2.05) is 28.8 Å². The molecule has 6 heteroatoms. The molecule has 1 aromatic carbocycles. The third kappa shape index (κ3) is 3.13. The van der Waals surface area contributed by atoms with Crippen molar-refractivity contribution in [1.29, 1.82) is 0 Å². The van der Waals surface area contributed by atoms with Crippen molar-refractivity contribution in [3.8, 4) is 0 Å². The number of imidazole rings is 1. The van der Waals surface area contributed by atoms with Crippen molar-refractivity contribution in [2.45, 2.75) is 50.2 Å². The van der Waals surface area contributed by atoms with E-state index in [-0.39, 0.29) is 5.69 Å². The van der Waals surface area contributed by atoms with E-state index in [1.165, 1.54) is 12.8 Å². The van der Waals surface area contributed by atoms with E-state index >= 15 is 0 Å². The van der Waals surface area contributed by atoms with Gasteiger partial charge in [0.05, 0.1) is 16.6 Å². The fraction of sp³-hybridized carbons (Fsp3) is 0.591. The maximum Gasteiger partial charge on any atom is 0.330 e. The van der Waals surface area contributed by atoms with E-state index in [2.05, 4.69) is 20.9 Å². The first-order chi connectivity index (χ1) is 13.6. The molecule has 2 N–H and O–H groups in total. The molecule has 0 spiro atoms. The highest BCUT2D eigenvalue weighted by Crippen LogP contribution is 2.35. The summed E-state index contributed by atoms with van der Waals surface area (Å²) in [5.74, 6) is 0. The zero-order valence-corrected chi connectivity index (χ0v) is 16.4. The van der Waals surface area contributed by atoms with Gasteiger partial charge in [-0.05, 0) is 50.9 Å². The first kappa shape index (κ1) is 18.2. The van der Waals surface area contributed by atoms with E-state index in [1.54, 1.807) is 0 Å². The molecule has 5 rings (SSSR count). The third-order valence-corrected chi connectivity index (χ3v) is 6.93. The summed E-state index contributed by atoms with van der Waals surface area (Å²) in [5.41, 5.74) is 2.22. The maximum atomic E-state index is 12.5. The largest absolute Gasteiger partial charge is 0.387 e. The number of piperidine rings is 2. The molecule has 0 saturated carbocycles. The highest BCUT2D eigenvalue weighted by atomic mass is 16.3. The summed E-state index contributed by atoms with van der Waals surface area (Å²) < 4.78 is 1.81. The minimum Gasteiger partial charge on any atom is -0.387 e. The van der Waals surface area contributed by atoms with Crippen molar-refractivity contribution >= 4 is 16.7 Å². The van der Waals surface area contributed by atoms with Gasteiger partial charge in [-0.25, -0.2) is 4.79 Å². The normalized spacial score (nSPS) is 29.6. The van der Waals surface area contributed by atoms with Gasteiger partial charge in [-0.3, -0.25) is 14.4 Å². The lowest BCUT2D eigenvalue weighted by Crippen LogP contribution is -2.62. The van der Waals surface area contributed by atoms with E-state index in [4.69, 9.17) is 0 Å². The number of H-pyrrole nitrogens is 1. The lowest BCUT2D eigenvalue weighted by Gasteiger charge is -2.51. The molecule has 0 amide bonds. The Labute approximate surface area is 165 Å². The van der Waals surface area contributed by atoms with Crippen LogP contribution in [-0.4, -0.2) is 68.8 Å². The zero-order valence-electron chi connectivity index (χ0n) is 16.4. The van der Waals surface area contributed by atoms with Crippen molar-refractivity contribution in [2.24, 2.45) is 0 Å². The van der Waals surface area contributed by atoms with E-state index in [0.29, 0.717) is 6.04 Å². The predicted molar refractivity (Wildman–Crippen MR) is 111 cm³/mol. The van der Waals surface area contributed by atoms with Crippen molar-refractivity contribution in [3.63, 3.8) is 0 Å². The van der Waals surface area contributed by atoms with Gasteiger partial charge in [0, 0.05) is 37.8 Å². The molecule has 0 radical (unpaired) electrons. The van der Waals surface area contributed by atoms with Crippen LogP contribution in [0.15, 0.2) is 35.1 Å². The molecule has 6 nitrogen and oxygen atoms in total. The number of hydrogen-bond donors (Lipinski definition) is 2. The van der Waals surface area contributed by atoms with Crippen LogP contribution in [0.2, 0.25) is 0 Å². The van der Waals surface area contributed by atoms with Crippen molar-refractivity contribution in [1.82, 2.24) is 19.4 Å². The Bertz CT molecular complexity index is 943. The SMILES string of the molecule is O=c1[nH]c2ccccc2n1C1=CCN(C[C@]2(O)CCCN3CCCC[C@@H]32)CC1. The topological polar surface area (TPSA) is 64.5 Å². The maximum absolute atomic E-state index is 12.5. The van der Waals surface area contributed by atoms with Gasteiger partial charge in [0.1, 0.15) is 0 Å². The van der Waals surface area contributed by atoms with Gasteiger partial charge in [-0.2, -0.15) is 0 Å². The number of aromatic amines is 1. The lowest BCUT2D eigenvalue weighted by molar-refractivity contribution is -0.108. The van der Waals surface area contributed by atoms with Gasteiger partial charge in [0.2, 0.25) is 0 Å². The molecule has 0 unspecified atom stereocenters. The Morgan fingerprint density at radius 2 is 2.00 bits per heavy atom. The Morgan fingerprint density at radius 3 is 2.86 bits per heavy atom. The summed E-state index contributed by atoms with van der Waals surface area (Å²) in [6, 6.07) is 8.16. The third-order valence-electron chi connectivity index (χ3n) is 6.93. The molecule has 2 saturated heterocycles. The first-order valence-electron chi connectivity index (χ1n) is 10.7. The quantitative estimate of drug-likeness (QED) is 0.855. The van der Waals surface area contributed by atoms with Crippen LogP contribution in [0.4, 0.5) is 0 Å². The minimum atomic E-state index is -0.596. The van der Waals surface area contributed by atoms with Gasteiger partial charge < -0.3 is 10.1 Å². The second kappa shape index (κ2) is 7.17. The van der Waals surface area contributed by atoms with Crippen LogP contribution < -0.4 is 5.69 Å². The van der Waals surface area contributed by atoms with Crippen LogP contribution in [0.5, 0.6) is 0 Å². The predicted octanol–water partition coefficient (Wildman–Crippen LogP) is 2.26. The monoisotopic (exact) mass is 382 g/mol. The number of fused-ring (bicyclic) bond motifs is 2. The fourth-order valence-corrected chi connectivity index (χ4v) is 5.58. The zero-order chi connectivity index (χ0) is 19.1. The molecule has 0 aliphatic carbocycles. The number of para-hydroxylation sites is 2. The van der Waals surface area contributed by atoms with Crippen LogP contribution in [-0.2, 0) is 0 Å². The van der Waals surface area contributed by atoms with Crippen LogP contribution in [0.1, 0.15) is 38.5 Å². The number of nitrogens with one attached hydrogen (secondary N) is 1. The Hall–Kier alpha value is -1.89. The molecular formula is C22H30N4O2. The fourth-order valence-electron chi connectivity index (χ4n) is 5.58. The minimum absolute atomic E-state index is 0.0651. The van der Waals surface area contributed by atoms with Gasteiger partial charge in [0.25, 0.3) is 0 Å². The lowest BCUT2D eigenvalue weighted by atomic mass is 9.79. The molecule has 28 heavy (non-hydrogen) atoms. The van der Waals surface area contributed by atoms with Crippen molar-refractivity contribution < 1.29 is 5.11 Å². The smallest absolute Gasteiger partial charge is 0.330 e. The molecule has 1 aromatic heterocycles. The van der Waals surface area contributed by atoms with Crippen LogP contribution in [0.3, 0.4) is 0 Å². The van der Waals surface area contributed by atoms with Gasteiger partial charge in [-0.1, -0.05) is 24.6 Å². The van der Waals surface area contributed by atoms with Gasteiger partial charge in [0.15, 0.2) is 0 Å². The number of aliphatic hydroxyl groups is 1. The molecule has 150 valence electrons. The van der Waals surface area contributed by atoms with E-state index in [0.717, 1.165) is 75.1 Å². The molecule has 0 bridgehead atoms. The van der Waals surface area contributed by atoms with Crippen LogP contribution in [0, 0.1) is 0 Å². The molecular weight excluding hydrogens is 352 g/mol.